The SMILES string of the molecule is CCc1cc(CC(O)c2cccc(Cl)c2)n(CC)n1. The lowest BCUT2D eigenvalue weighted by atomic mass is 10.0. The molecule has 1 aromatic carbocycles. The third-order valence-corrected chi connectivity index (χ3v) is 3.45. The first-order valence-corrected chi connectivity index (χ1v) is 7.01. The third kappa shape index (κ3) is 3.37. The Morgan fingerprint density at radius 2 is 2.11 bits per heavy atom. The second kappa shape index (κ2) is 6.22. The fourth-order valence-electron chi connectivity index (χ4n) is 2.16. The molecule has 0 saturated heterocycles. The highest BCUT2D eigenvalue weighted by Crippen LogP contribution is 2.22. The minimum atomic E-state index is -0.551. The summed E-state index contributed by atoms with van der Waals surface area (Å²) in [5, 5.41) is 15.4. The molecule has 0 saturated carbocycles. The number of hydrogen-bond donors (Lipinski definition) is 1. The first-order chi connectivity index (χ1) is 9.13. The lowest BCUT2D eigenvalue weighted by Gasteiger charge is -2.12. The van der Waals surface area contributed by atoms with Crippen molar-refractivity contribution in [3.63, 3.8) is 0 Å². The molecule has 1 unspecified atom stereocenters. The van der Waals surface area contributed by atoms with Crippen LogP contribution in [0.3, 0.4) is 0 Å². The van der Waals surface area contributed by atoms with Crippen LogP contribution in [0.5, 0.6) is 0 Å². The normalized spacial score (nSPS) is 12.6. The molecule has 1 heterocycles. The molecule has 0 spiro atoms. The van der Waals surface area contributed by atoms with E-state index in [1.54, 1.807) is 6.07 Å². The predicted molar refractivity (Wildman–Crippen MR) is 77.4 cm³/mol. The fourth-order valence-corrected chi connectivity index (χ4v) is 2.35. The molecule has 1 N–H and O–H groups in total. The second-order valence-electron chi connectivity index (χ2n) is 4.57. The maximum absolute atomic E-state index is 10.3. The van der Waals surface area contributed by atoms with E-state index in [-0.39, 0.29) is 0 Å². The number of rotatable bonds is 5. The van der Waals surface area contributed by atoms with Crippen LogP contribution in [0, 0.1) is 0 Å². The lowest BCUT2D eigenvalue weighted by Crippen LogP contribution is -2.08. The van der Waals surface area contributed by atoms with Crippen LogP contribution >= 0.6 is 11.6 Å². The van der Waals surface area contributed by atoms with Gasteiger partial charge in [-0.15, -0.1) is 0 Å². The number of halogens is 1. The smallest absolute Gasteiger partial charge is 0.0845 e. The molecule has 19 heavy (non-hydrogen) atoms. The Bertz CT molecular complexity index is 551. The molecule has 2 rings (SSSR count). The molecule has 0 radical (unpaired) electrons. The average molecular weight is 279 g/mol. The van der Waals surface area contributed by atoms with E-state index in [9.17, 15) is 5.11 Å². The van der Waals surface area contributed by atoms with E-state index in [4.69, 9.17) is 11.6 Å². The first kappa shape index (κ1) is 14.1. The van der Waals surface area contributed by atoms with Gasteiger partial charge in [-0.25, -0.2) is 0 Å². The van der Waals surface area contributed by atoms with Crippen molar-refractivity contribution in [1.29, 1.82) is 0 Å². The number of aromatic nitrogens is 2. The highest BCUT2D eigenvalue weighted by molar-refractivity contribution is 6.30. The zero-order valence-electron chi connectivity index (χ0n) is 11.3. The van der Waals surface area contributed by atoms with E-state index in [1.807, 2.05) is 22.9 Å². The molecule has 0 bridgehead atoms. The van der Waals surface area contributed by atoms with E-state index < -0.39 is 6.10 Å². The van der Waals surface area contributed by atoms with Crippen molar-refractivity contribution in [2.24, 2.45) is 0 Å². The molecule has 3 nitrogen and oxygen atoms in total. The molecule has 1 atom stereocenters. The summed E-state index contributed by atoms with van der Waals surface area (Å²) in [6.45, 7) is 4.96. The van der Waals surface area contributed by atoms with E-state index >= 15 is 0 Å². The molecule has 0 aliphatic carbocycles. The number of benzene rings is 1. The zero-order chi connectivity index (χ0) is 13.8. The molecule has 4 heteroatoms. The number of aryl methyl sites for hydroxylation is 2. The Kier molecular flexibility index (Phi) is 4.61. The molecule has 0 aliphatic rings. The quantitative estimate of drug-likeness (QED) is 0.910. The van der Waals surface area contributed by atoms with Crippen molar-refractivity contribution in [2.75, 3.05) is 0 Å². The summed E-state index contributed by atoms with van der Waals surface area (Å²) in [7, 11) is 0. The van der Waals surface area contributed by atoms with Gasteiger partial charge in [0.1, 0.15) is 0 Å². The predicted octanol–water partition coefficient (Wildman–Crippen LogP) is 3.39. The summed E-state index contributed by atoms with van der Waals surface area (Å²) in [6.07, 6.45) is 0.916. The van der Waals surface area contributed by atoms with Crippen LogP contribution in [-0.2, 0) is 19.4 Å². The molecule has 0 fully saturated rings. The van der Waals surface area contributed by atoms with Gasteiger partial charge >= 0.3 is 0 Å². The molecule has 102 valence electrons. The van der Waals surface area contributed by atoms with Crippen LogP contribution in [0.1, 0.15) is 36.9 Å². The van der Waals surface area contributed by atoms with Gasteiger partial charge in [0.05, 0.1) is 11.8 Å². The van der Waals surface area contributed by atoms with Crippen molar-refractivity contribution >= 4 is 11.6 Å². The van der Waals surface area contributed by atoms with Crippen molar-refractivity contribution in [3.8, 4) is 0 Å². The van der Waals surface area contributed by atoms with Crippen LogP contribution in [0.4, 0.5) is 0 Å². The topological polar surface area (TPSA) is 38.0 Å². The average Bonchev–Trinajstić information content (AvgIpc) is 2.81. The van der Waals surface area contributed by atoms with E-state index in [2.05, 4.69) is 25.0 Å². The molecular formula is C15H19ClN2O. The maximum atomic E-state index is 10.3. The minimum absolute atomic E-state index is 0.551. The van der Waals surface area contributed by atoms with Crippen LogP contribution in [0.15, 0.2) is 30.3 Å². The van der Waals surface area contributed by atoms with Crippen molar-refractivity contribution < 1.29 is 5.11 Å². The van der Waals surface area contributed by atoms with Gasteiger partial charge < -0.3 is 5.11 Å². The van der Waals surface area contributed by atoms with Crippen molar-refractivity contribution in [1.82, 2.24) is 9.78 Å². The van der Waals surface area contributed by atoms with Gasteiger partial charge in [-0.05, 0) is 37.1 Å². The summed E-state index contributed by atoms with van der Waals surface area (Å²) < 4.78 is 1.95. The van der Waals surface area contributed by atoms with Crippen LogP contribution in [-0.4, -0.2) is 14.9 Å². The largest absolute Gasteiger partial charge is 0.388 e. The monoisotopic (exact) mass is 278 g/mol. The summed E-state index contributed by atoms with van der Waals surface area (Å²) >= 11 is 5.95. The maximum Gasteiger partial charge on any atom is 0.0845 e. The Morgan fingerprint density at radius 1 is 1.32 bits per heavy atom. The summed E-state index contributed by atoms with van der Waals surface area (Å²) in [5.41, 5.74) is 2.97. The Hall–Kier alpha value is -1.32. The van der Waals surface area contributed by atoms with Crippen LogP contribution in [0.25, 0.3) is 0 Å². The second-order valence-corrected chi connectivity index (χ2v) is 5.01. The Morgan fingerprint density at radius 3 is 2.74 bits per heavy atom. The zero-order valence-corrected chi connectivity index (χ0v) is 12.1. The minimum Gasteiger partial charge on any atom is -0.388 e. The molecule has 0 aliphatic heterocycles. The summed E-state index contributed by atoms with van der Waals surface area (Å²) in [6, 6.07) is 9.43. The number of hydrogen-bond acceptors (Lipinski definition) is 2. The van der Waals surface area contributed by atoms with E-state index in [0.29, 0.717) is 11.4 Å². The van der Waals surface area contributed by atoms with Gasteiger partial charge in [0, 0.05) is 23.7 Å². The lowest BCUT2D eigenvalue weighted by molar-refractivity contribution is 0.175. The Labute approximate surface area is 118 Å². The van der Waals surface area contributed by atoms with E-state index in [0.717, 1.165) is 29.9 Å². The molecular weight excluding hydrogens is 260 g/mol. The standard InChI is InChI=1S/C15H19ClN2O/c1-3-13-9-14(18(4-2)17-13)10-15(19)11-6-5-7-12(16)8-11/h5-9,15,19H,3-4,10H2,1-2H3. The van der Waals surface area contributed by atoms with Gasteiger partial charge in [-0.2, -0.15) is 5.10 Å². The summed E-state index contributed by atoms with van der Waals surface area (Å²) in [5.74, 6) is 0. The van der Waals surface area contributed by atoms with Crippen LogP contribution in [0.2, 0.25) is 5.02 Å². The molecule has 0 amide bonds. The summed E-state index contributed by atoms with van der Waals surface area (Å²) in [4.78, 5) is 0. The number of aliphatic hydroxyl groups is 1. The molecule has 1 aromatic heterocycles. The highest BCUT2D eigenvalue weighted by atomic mass is 35.5. The van der Waals surface area contributed by atoms with Gasteiger partial charge in [0.15, 0.2) is 0 Å². The Balaban J connectivity index is 2.18. The van der Waals surface area contributed by atoms with Crippen LogP contribution < -0.4 is 0 Å². The van der Waals surface area contributed by atoms with Gasteiger partial charge in [-0.1, -0.05) is 30.7 Å². The van der Waals surface area contributed by atoms with E-state index in [1.165, 1.54) is 0 Å². The molecule has 2 aromatic rings. The number of aliphatic hydroxyl groups excluding tert-OH is 1. The highest BCUT2D eigenvalue weighted by Gasteiger charge is 2.13. The fraction of sp³-hybridized carbons (Fsp3) is 0.400. The van der Waals surface area contributed by atoms with Gasteiger partial charge in [0.2, 0.25) is 0 Å². The number of nitrogens with zero attached hydrogens (tertiary/aromatic N) is 2. The first-order valence-electron chi connectivity index (χ1n) is 6.63. The van der Waals surface area contributed by atoms with Crippen molar-refractivity contribution in [2.45, 2.75) is 39.3 Å². The van der Waals surface area contributed by atoms with Gasteiger partial charge in [0.25, 0.3) is 0 Å². The third-order valence-electron chi connectivity index (χ3n) is 3.21. The van der Waals surface area contributed by atoms with Gasteiger partial charge in [-0.3, -0.25) is 4.68 Å². The van der Waals surface area contributed by atoms with Crippen molar-refractivity contribution in [3.05, 3.63) is 52.3 Å².